The molecule has 1 aliphatic heterocycles. The number of hydrogen-bond donors (Lipinski definition) is 2. The third kappa shape index (κ3) is 6.14. The van der Waals surface area contributed by atoms with Crippen LogP contribution in [0, 0.1) is 5.92 Å². The Kier molecular flexibility index (Phi) is 7.41. The molecule has 1 aromatic heterocycles. The number of thiophene rings is 1. The second-order valence-corrected chi connectivity index (χ2v) is 8.23. The number of carbonyl (C=O) groups is 1. The molecule has 1 fully saturated rings. The van der Waals surface area contributed by atoms with Crippen LogP contribution in [0.5, 0.6) is 0 Å². The number of carbonyl (C=O) groups excluding carboxylic acids is 1. The molecule has 146 valence electrons. The Morgan fingerprint density at radius 1 is 1.19 bits per heavy atom. The molecular formula is C21H29N3O2S. The van der Waals surface area contributed by atoms with Crippen molar-refractivity contribution in [2.75, 3.05) is 38.2 Å². The van der Waals surface area contributed by atoms with Crippen LogP contribution in [0.4, 0.5) is 5.69 Å². The molecule has 1 saturated heterocycles. The van der Waals surface area contributed by atoms with Crippen molar-refractivity contribution in [3.8, 4) is 0 Å². The second kappa shape index (κ2) is 9.99. The minimum Gasteiger partial charge on any atom is -0.379 e. The van der Waals surface area contributed by atoms with Crippen LogP contribution in [0.25, 0.3) is 0 Å². The van der Waals surface area contributed by atoms with Gasteiger partial charge in [-0.1, -0.05) is 32.0 Å². The van der Waals surface area contributed by atoms with Gasteiger partial charge in [0.15, 0.2) is 0 Å². The zero-order valence-corrected chi connectivity index (χ0v) is 16.9. The molecule has 0 aliphatic carbocycles. The monoisotopic (exact) mass is 387 g/mol. The first-order chi connectivity index (χ1) is 13.1. The SMILES string of the molecule is CC(C)C(NCC(=O)Nc1ccc(CN2CCOCC2)cc1)c1cccs1. The van der Waals surface area contributed by atoms with E-state index in [4.69, 9.17) is 4.74 Å². The minimum absolute atomic E-state index is 0.0156. The molecule has 1 aromatic carbocycles. The van der Waals surface area contributed by atoms with Gasteiger partial charge >= 0.3 is 0 Å². The van der Waals surface area contributed by atoms with Gasteiger partial charge in [-0.3, -0.25) is 9.69 Å². The van der Waals surface area contributed by atoms with Gasteiger partial charge < -0.3 is 15.4 Å². The van der Waals surface area contributed by atoms with Crippen LogP contribution < -0.4 is 10.6 Å². The van der Waals surface area contributed by atoms with Gasteiger partial charge in [0.05, 0.1) is 19.8 Å². The smallest absolute Gasteiger partial charge is 0.238 e. The highest BCUT2D eigenvalue weighted by atomic mass is 32.1. The molecule has 2 aromatic rings. The van der Waals surface area contributed by atoms with E-state index >= 15 is 0 Å². The molecule has 1 unspecified atom stereocenters. The summed E-state index contributed by atoms with van der Waals surface area (Å²) in [5.41, 5.74) is 2.09. The molecule has 0 saturated carbocycles. The zero-order chi connectivity index (χ0) is 19.1. The lowest BCUT2D eigenvalue weighted by atomic mass is 10.0. The fraction of sp³-hybridized carbons (Fsp3) is 0.476. The van der Waals surface area contributed by atoms with E-state index in [-0.39, 0.29) is 11.9 Å². The molecule has 27 heavy (non-hydrogen) atoms. The van der Waals surface area contributed by atoms with Crippen LogP contribution in [-0.2, 0) is 16.1 Å². The Morgan fingerprint density at radius 3 is 2.56 bits per heavy atom. The molecule has 6 heteroatoms. The van der Waals surface area contributed by atoms with Crippen molar-refractivity contribution in [3.05, 3.63) is 52.2 Å². The molecular weight excluding hydrogens is 358 g/mol. The summed E-state index contributed by atoms with van der Waals surface area (Å²) >= 11 is 1.72. The summed E-state index contributed by atoms with van der Waals surface area (Å²) in [7, 11) is 0. The first-order valence-corrected chi connectivity index (χ1v) is 10.5. The van der Waals surface area contributed by atoms with Crippen LogP contribution >= 0.6 is 11.3 Å². The van der Waals surface area contributed by atoms with Crippen molar-refractivity contribution in [1.29, 1.82) is 0 Å². The summed E-state index contributed by atoms with van der Waals surface area (Å²) in [5, 5.41) is 8.44. The minimum atomic E-state index is -0.0156. The summed E-state index contributed by atoms with van der Waals surface area (Å²) in [6.07, 6.45) is 0. The summed E-state index contributed by atoms with van der Waals surface area (Å²) in [5.74, 6) is 0.411. The molecule has 0 spiro atoms. The summed E-state index contributed by atoms with van der Waals surface area (Å²) < 4.78 is 5.38. The van der Waals surface area contributed by atoms with Gasteiger partial charge in [0.25, 0.3) is 0 Å². The predicted molar refractivity (Wildman–Crippen MR) is 111 cm³/mol. The highest BCUT2D eigenvalue weighted by Crippen LogP contribution is 2.25. The van der Waals surface area contributed by atoms with E-state index in [0.29, 0.717) is 12.5 Å². The van der Waals surface area contributed by atoms with E-state index in [0.717, 1.165) is 38.5 Å². The summed E-state index contributed by atoms with van der Waals surface area (Å²) in [6, 6.07) is 12.5. The van der Waals surface area contributed by atoms with Crippen LogP contribution in [0.2, 0.25) is 0 Å². The van der Waals surface area contributed by atoms with Gasteiger partial charge in [0.1, 0.15) is 0 Å². The number of morpholine rings is 1. The fourth-order valence-electron chi connectivity index (χ4n) is 3.25. The number of ether oxygens (including phenoxy) is 1. The van der Waals surface area contributed by atoms with Crippen molar-refractivity contribution in [2.24, 2.45) is 5.92 Å². The molecule has 1 atom stereocenters. The number of nitrogens with zero attached hydrogens (tertiary/aromatic N) is 1. The van der Waals surface area contributed by atoms with Gasteiger partial charge in [0.2, 0.25) is 5.91 Å². The first-order valence-electron chi connectivity index (χ1n) is 9.57. The second-order valence-electron chi connectivity index (χ2n) is 7.25. The van der Waals surface area contributed by atoms with Gasteiger partial charge in [-0.05, 0) is 35.1 Å². The molecule has 1 amide bonds. The quantitative estimate of drug-likeness (QED) is 0.728. The molecule has 3 rings (SSSR count). The number of amides is 1. The van der Waals surface area contributed by atoms with Crippen molar-refractivity contribution in [3.63, 3.8) is 0 Å². The molecule has 2 N–H and O–H groups in total. The van der Waals surface area contributed by atoms with Crippen molar-refractivity contribution < 1.29 is 9.53 Å². The van der Waals surface area contributed by atoms with Crippen LogP contribution in [0.1, 0.15) is 30.3 Å². The van der Waals surface area contributed by atoms with Crippen LogP contribution in [0.3, 0.4) is 0 Å². The van der Waals surface area contributed by atoms with E-state index < -0.39 is 0 Å². The normalized spacial score (nSPS) is 16.4. The maximum atomic E-state index is 12.3. The number of rotatable bonds is 8. The van der Waals surface area contributed by atoms with E-state index in [1.54, 1.807) is 11.3 Å². The molecule has 5 nitrogen and oxygen atoms in total. The van der Waals surface area contributed by atoms with Gasteiger partial charge in [-0.2, -0.15) is 0 Å². The molecule has 0 bridgehead atoms. The number of nitrogens with one attached hydrogen (secondary N) is 2. The maximum absolute atomic E-state index is 12.3. The largest absolute Gasteiger partial charge is 0.379 e. The highest BCUT2D eigenvalue weighted by molar-refractivity contribution is 7.10. The lowest BCUT2D eigenvalue weighted by Gasteiger charge is -2.26. The first kappa shape index (κ1) is 20.0. The lowest BCUT2D eigenvalue weighted by Crippen LogP contribution is -2.35. The molecule has 2 heterocycles. The number of hydrogen-bond acceptors (Lipinski definition) is 5. The summed E-state index contributed by atoms with van der Waals surface area (Å²) in [6.45, 7) is 9.14. The van der Waals surface area contributed by atoms with Crippen molar-refractivity contribution in [2.45, 2.75) is 26.4 Å². The molecule has 1 aliphatic rings. The van der Waals surface area contributed by atoms with Gasteiger partial charge in [-0.25, -0.2) is 0 Å². The van der Waals surface area contributed by atoms with Crippen LogP contribution in [-0.4, -0.2) is 43.7 Å². The number of anilines is 1. The predicted octanol–water partition coefficient (Wildman–Crippen LogP) is 3.51. The summed E-state index contributed by atoms with van der Waals surface area (Å²) in [4.78, 5) is 16.0. The third-order valence-corrected chi connectivity index (χ3v) is 5.70. The fourth-order valence-corrected chi connectivity index (χ4v) is 4.23. The lowest BCUT2D eigenvalue weighted by molar-refractivity contribution is -0.115. The number of benzene rings is 1. The van der Waals surface area contributed by atoms with Crippen LogP contribution in [0.15, 0.2) is 41.8 Å². The average Bonchev–Trinajstić information content (AvgIpc) is 3.18. The third-order valence-electron chi connectivity index (χ3n) is 4.75. The van der Waals surface area contributed by atoms with Crippen molar-refractivity contribution in [1.82, 2.24) is 10.2 Å². The Balaban J connectivity index is 1.47. The maximum Gasteiger partial charge on any atom is 0.238 e. The van der Waals surface area contributed by atoms with Crippen molar-refractivity contribution >= 4 is 22.9 Å². The molecule has 0 radical (unpaired) electrons. The average molecular weight is 388 g/mol. The van der Waals surface area contributed by atoms with Gasteiger partial charge in [-0.15, -0.1) is 11.3 Å². The highest BCUT2D eigenvalue weighted by Gasteiger charge is 2.17. The Bertz CT molecular complexity index is 695. The standard InChI is InChI=1S/C21H29N3O2S/c1-16(2)21(19-4-3-13-27-19)22-14-20(25)23-18-7-5-17(6-8-18)15-24-9-11-26-12-10-24/h3-8,13,16,21-22H,9-12,14-15H2,1-2H3,(H,23,25). The van der Waals surface area contributed by atoms with E-state index in [9.17, 15) is 4.79 Å². The van der Waals surface area contributed by atoms with E-state index in [2.05, 4.69) is 59.0 Å². The topological polar surface area (TPSA) is 53.6 Å². The van der Waals surface area contributed by atoms with E-state index in [1.807, 2.05) is 12.1 Å². The zero-order valence-electron chi connectivity index (χ0n) is 16.1. The Hall–Kier alpha value is -1.73. The Morgan fingerprint density at radius 2 is 1.93 bits per heavy atom. The Labute approximate surface area is 165 Å². The van der Waals surface area contributed by atoms with E-state index in [1.165, 1.54) is 10.4 Å². The van der Waals surface area contributed by atoms with Gasteiger partial charge in [0, 0.05) is 36.2 Å².